The molecule has 0 N–H and O–H groups in total. The zero-order chi connectivity index (χ0) is 16.3. The summed E-state index contributed by atoms with van der Waals surface area (Å²) in [4.78, 5) is 0. The summed E-state index contributed by atoms with van der Waals surface area (Å²) in [6.07, 6.45) is 3.46. The Morgan fingerprint density at radius 3 is 2.12 bits per heavy atom. The first-order chi connectivity index (χ1) is 10.4. The van der Waals surface area contributed by atoms with E-state index in [-0.39, 0.29) is 52.1 Å². The van der Waals surface area contributed by atoms with E-state index in [1.165, 1.54) is 46.3 Å². The number of rotatable bonds is 6. The second kappa shape index (κ2) is 11.6. The van der Waals surface area contributed by atoms with Gasteiger partial charge in [-0.15, -0.1) is 12.1 Å². The molecule has 1 radical (unpaired) electrons. The van der Waals surface area contributed by atoms with Gasteiger partial charge < -0.3 is 30.1 Å². The van der Waals surface area contributed by atoms with Gasteiger partial charge in [0.1, 0.15) is 0 Å². The van der Waals surface area contributed by atoms with Gasteiger partial charge in [0.15, 0.2) is 0 Å². The quantitative estimate of drug-likeness (QED) is 0.478. The molecule has 1 aliphatic rings. The van der Waals surface area contributed by atoms with Gasteiger partial charge in [0, 0.05) is 0 Å². The van der Waals surface area contributed by atoms with Crippen LogP contribution < -0.4 is 24.8 Å². The van der Waals surface area contributed by atoms with E-state index in [2.05, 4.69) is 65.8 Å². The van der Waals surface area contributed by atoms with Crippen LogP contribution in [0.15, 0.2) is 41.0 Å². The molecule has 0 saturated heterocycles. The van der Waals surface area contributed by atoms with E-state index >= 15 is 0 Å². The van der Waals surface area contributed by atoms with Crippen LogP contribution in [0.3, 0.4) is 0 Å². The zero-order valence-electron chi connectivity index (χ0n) is 16.3. The molecule has 0 saturated carbocycles. The molecule has 0 unspecified atom stereocenters. The molecule has 137 valence electrons. The van der Waals surface area contributed by atoms with Crippen molar-refractivity contribution in [2.75, 3.05) is 6.54 Å². The van der Waals surface area contributed by atoms with Crippen LogP contribution >= 0.6 is 0 Å². The first-order valence-corrected chi connectivity index (χ1v) is 8.53. The SMILES string of the molecule is CCCC[N-]C(C)(C)c1ccccc1C1=C(C)C(C)=C(C)C1.[Cl-].[Cl-].[Ti+3]. The summed E-state index contributed by atoms with van der Waals surface area (Å²) in [6, 6.07) is 8.84. The Bertz CT molecular complexity index is 618. The van der Waals surface area contributed by atoms with Gasteiger partial charge in [-0.3, -0.25) is 0 Å². The molecule has 2 rings (SSSR count). The Morgan fingerprint density at radius 1 is 1.00 bits per heavy atom. The van der Waals surface area contributed by atoms with Crippen molar-refractivity contribution in [3.05, 3.63) is 57.4 Å². The number of hydrogen-bond donors (Lipinski definition) is 0. The van der Waals surface area contributed by atoms with Gasteiger partial charge in [-0.2, -0.15) is 0 Å². The van der Waals surface area contributed by atoms with E-state index in [4.69, 9.17) is 5.32 Å². The minimum absolute atomic E-state index is 0. The van der Waals surface area contributed by atoms with Crippen LogP contribution in [0.25, 0.3) is 10.9 Å². The molecule has 0 spiro atoms. The number of nitrogens with zero attached hydrogens (tertiary/aromatic N) is 1. The predicted molar refractivity (Wildman–Crippen MR) is 98.2 cm³/mol. The standard InChI is InChI=1S/C21H30N.2ClH.Ti/c1-7-8-13-22-21(5,6)20-12-10-9-11-18(20)19-14-15(2)16(3)17(19)4;;;/h9-12H,7-8,13-14H2,1-6H3;2*1H;/q-1;;;+3/p-2. The maximum Gasteiger partial charge on any atom is 3.00 e. The van der Waals surface area contributed by atoms with Gasteiger partial charge in [-0.25, -0.2) is 0 Å². The average Bonchev–Trinajstić information content (AvgIpc) is 2.75. The molecular weight excluding hydrogens is 385 g/mol. The van der Waals surface area contributed by atoms with Crippen molar-refractivity contribution in [2.24, 2.45) is 0 Å². The van der Waals surface area contributed by atoms with Crippen LogP contribution in [-0.4, -0.2) is 6.54 Å². The average molecular weight is 415 g/mol. The Labute approximate surface area is 181 Å². The number of allylic oxidation sites excluding steroid dienone is 4. The van der Waals surface area contributed by atoms with Crippen LogP contribution in [0.4, 0.5) is 0 Å². The summed E-state index contributed by atoms with van der Waals surface area (Å²) in [5, 5.41) is 4.98. The summed E-state index contributed by atoms with van der Waals surface area (Å²) in [7, 11) is 0. The van der Waals surface area contributed by atoms with E-state index in [1.54, 1.807) is 0 Å². The van der Waals surface area contributed by atoms with Crippen molar-refractivity contribution >= 4 is 5.57 Å². The summed E-state index contributed by atoms with van der Waals surface area (Å²) < 4.78 is 0. The predicted octanol–water partition coefficient (Wildman–Crippen LogP) is 0.615. The van der Waals surface area contributed by atoms with E-state index in [0.29, 0.717) is 0 Å². The largest absolute Gasteiger partial charge is 3.00 e. The van der Waals surface area contributed by atoms with E-state index in [9.17, 15) is 0 Å². The first-order valence-electron chi connectivity index (χ1n) is 8.53. The molecule has 1 nitrogen and oxygen atoms in total. The van der Waals surface area contributed by atoms with Crippen LogP contribution in [0.5, 0.6) is 0 Å². The topological polar surface area (TPSA) is 14.1 Å². The van der Waals surface area contributed by atoms with Crippen LogP contribution in [0, 0.1) is 0 Å². The first kappa shape index (κ1) is 27.2. The maximum absolute atomic E-state index is 4.98. The smallest absolute Gasteiger partial charge is 1.00 e. The van der Waals surface area contributed by atoms with Gasteiger partial charge in [-0.1, -0.05) is 69.0 Å². The van der Waals surface area contributed by atoms with Crippen LogP contribution in [0.2, 0.25) is 0 Å². The molecule has 0 atom stereocenters. The van der Waals surface area contributed by atoms with Crippen molar-refractivity contribution in [3.8, 4) is 0 Å². The van der Waals surface area contributed by atoms with Crippen molar-refractivity contribution < 1.29 is 46.5 Å². The van der Waals surface area contributed by atoms with Gasteiger partial charge in [0.2, 0.25) is 0 Å². The Kier molecular flexibility index (Phi) is 12.6. The summed E-state index contributed by atoms with van der Waals surface area (Å²) in [5.41, 5.74) is 8.54. The minimum atomic E-state index is -0.122. The summed E-state index contributed by atoms with van der Waals surface area (Å²) in [5.74, 6) is 0. The van der Waals surface area contributed by atoms with Crippen molar-refractivity contribution in [2.45, 2.75) is 66.3 Å². The Balaban J connectivity index is 0. The second-order valence-electron chi connectivity index (χ2n) is 7.03. The molecule has 4 heteroatoms. The molecule has 0 fully saturated rings. The molecule has 25 heavy (non-hydrogen) atoms. The van der Waals surface area contributed by atoms with Gasteiger partial charge in [0.25, 0.3) is 0 Å². The third kappa shape index (κ3) is 6.26. The molecule has 1 aliphatic carbocycles. The number of hydrogen-bond acceptors (Lipinski definition) is 0. The van der Waals surface area contributed by atoms with E-state index < -0.39 is 0 Å². The molecular formula is C21H30Cl2NTi. The van der Waals surface area contributed by atoms with E-state index in [1.807, 2.05) is 0 Å². The molecule has 1 aromatic carbocycles. The fourth-order valence-electron chi connectivity index (χ4n) is 3.26. The fraction of sp³-hybridized carbons (Fsp3) is 0.524. The molecule has 0 amide bonds. The minimum Gasteiger partial charge on any atom is -1.00 e. The van der Waals surface area contributed by atoms with E-state index in [0.717, 1.165) is 13.0 Å². The number of halogens is 2. The Morgan fingerprint density at radius 2 is 1.60 bits per heavy atom. The van der Waals surface area contributed by atoms with Crippen molar-refractivity contribution in [1.82, 2.24) is 0 Å². The van der Waals surface area contributed by atoms with Gasteiger partial charge in [0.05, 0.1) is 0 Å². The van der Waals surface area contributed by atoms with Crippen LogP contribution in [-0.2, 0) is 27.3 Å². The molecule has 1 aromatic rings. The molecule has 0 bridgehead atoms. The second-order valence-corrected chi connectivity index (χ2v) is 7.03. The normalized spacial score (nSPS) is 14.0. The zero-order valence-corrected chi connectivity index (χ0v) is 19.4. The molecule has 0 aromatic heterocycles. The summed E-state index contributed by atoms with van der Waals surface area (Å²) in [6.45, 7) is 14.4. The maximum atomic E-state index is 4.98. The van der Waals surface area contributed by atoms with Crippen LogP contribution in [0.1, 0.15) is 71.9 Å². The number of unbranched alkanes of at least 4 members (excludes halogenated alkanes) is 1. The number of benzene rings is 1. The van der Waals surface area contributed by atoms with Crippen molar-refractivity contribution in [1.29, 1.82) is 0 Å². The van der Waals surface area contributed by atoms with Gasteiger partial charge >= 0.3 is 21.7 Å². The molecule has 0 aliphatic heterocycles. The monoisotopic (exact) mass is 414 g/mol. The summed E-state index contributed by atoms with van der Waals surface area (Å²) >= 11 is 0. The van der Waals surface area contributed by atoms with Crippen molar-refractivity contribution in [3.63, 3.8) is 0 Å². The third-order valence-corrected chi connectivity index (χ3v) is 5.03. The van der Waals surface area contributed by atoms with Gasteiger partial charge in [-0.05, 0) is 49.5 Å². The Hall–Kier alpha value is -0.0457. The third-order valence-electron chi connectivity index (χ3n) is 5.03. The fourth-order valence-corrected chi connectivity index (χ4v) is 3.26. The molecule has 0 heterocycles.